The number of hydrogen-bond acceptors (Lipinski definition) is 2. The van der Waals surface area contributed by atoms with E-state index in [1.807, 2.05) is 4.90 Å². The predicted molar refractivity (Wildman–Crippen MR) is 65.5 cm³/mol. The van der Waals surface area contributed by atoms with E-state index in [4.69, 9.17) is 4.74 Å². The zero-order valence-corrected chi connectivity index (χ0v) is 10.5. The number of hydrogen-bond donors (Lipinski definition) is 0. The van der Waals surface area contributed by atoms with Gasteiger partial charge in [-0.05, 0) is 32.1 Å². The fraction of sp³-hybridized carbons (Fsp3) is 0.786. The van der Waals surface area contributed by atoms with Gasteiger partial charge in [0, 0.05) is 25.4 Å². The number of ether oxygens (including phenoxy) is 1. The first-order chi connectivity index (χ1) is 8.22. The fourth-order valence-corrected chi connectivity index (χ4v) is 3.42. The van der Waals surface area contributed by atoms with Gasteiger partial charge in [-0.2, -0.15) is 0 Å². The summed E-state index contributed by atoms with van der Waals surface area (Å²) >= 11 is 0. The monoisotopic (exact) mass is 235 g/mol. The molecule has 94 valence electrons. The molecule has 0 spiro atoms. The summed E-state index contributed by atoms with van der Waals surface area (Å²) in [4.78, 5) is 14.2. The van der Waals surface area contributed by atoms with E-state index in [0.29, 0.717) is 36.4 Å². The minimum absolute atomic E-state index is 0.313. The summed E-state index contributed by atoms with van der Waals surface area (Å²) < 4.78 is 5.83. The van der Waals surface area contributed by atoms with Gasteiger partial charge in [0.25, 0.3) is 0 Å². The van der Waals surface area contributed by atoms with Gasteiger partial charge < -0.3 is 9.64 Å². The van der Waals surface area contributed by atoms with Crippen molar-refractivity contribution in [3.8, 4) is 0 Å². The number of allylic oxidation sites excluding steroid dienone is 2. The molecule has 3 heteroatoms. The first-order valence-corrected chi connectivity index (χ1v) is 6.82. The zero-order valence-electron chi connectivity index (χ0n) is 10.5. The largest absolute Gasteiger partial charge is 0.373 e. The van der Waals surface area contributed by atoms with Gasteiger partial charge >= 0.3 is 0 Å². The van der Waals surface area contributed by atoms with Crippen molar-refractivity contribution in [3.63, 3.8) is 0 Å². The van der Waals surface area contributed by atoms with Crippen molar-refractivity contribution in [2.24, 2.45) is 11.8 Å². The third kappa shape index (κ3) is 2.25. The molecule has 0 aromatic carbocycles. The van der Waals surface area contributed by atoms with Crippen LogP contribution in [0.1, 0.15) is 32.6 Å². The van der Waals surface area contributed by atoms with Gasteiger partial charge in [0.1, 0.15) is 0 Å². The average molecular weight is 235 g/mol. The summed E-state index contributed by atoms with van der Waals surface area (Å²) in [6, 6.07) is 0. The maximum atomic E-state index is 12.2. The Bertz CT molecular complexity index is 325. The molecule has 0 aromatic heterocycles. The lowest BCUT2D eigenvalue weighted by Gasteiger charge is -2.19. The summed E-state index contributed by atoms with van der Waals surface area (Å²) in [6.45, 7) is 3.88. The highest BCUT2D eigenvalue weighted by atomic mass is 16.5. The lowest BCUT2D eigenvalue weighted by Crippen LogP contribution is -2.32. The molecule has 3 aliphatic rings. The van der Waals surface area contributed by atoms with E-state index < -0.39 is 0 Å². The van der Waals surface area contributed by atoms with Gasteiger partial charge in [0.05, 0.1) is 12.2 Å². The van der Waals surface area contributed by atoms with Crippen LogP contribution in [0.15, 0.2) is 12.2 Å². The summed E-state index contributed by atoms with van der Waals surface area (Å²) in [7, 11) is 0. The lowest BCUT2D eigenvalue weighted by atomic mass is 10.0. The van der Waals surface area contributed by atoms with Crippen LogP contribution >= 0.6 is 0 Å². The molecule has 2 aliphatic heterocycles. The average Bonchev–Trinajstić information content (AvgIpc) is 2.92. The van der Waals surface area contributed by atoms with Gasteiger partial charge in [-0.1, -0.05) is 12.2 Å². The maximum Gasteiger partial charge on any atom is 0.223 e. The molecule has 0 bridgehead atoms. The lowest BCUT2D eigenvalue weighted by molar-refractivity contribution is -0.131. The molecule has 1 amide bonds. The summed E-state index contributed by atoms with van der Waals surface area (Å²) in [6.07, 6.45) is 9.22. The smallest absolute Gasteiger partial charge is 0.223 e. The van der Waals surface area contributed by atoms with E-state index in [1.165, 1.54) is 0 Å². The van der Waals surface area contributed by atoms with E-state index in [9.17, 15) is 4.79 Å². The second-order valence-corrected chi connectivity index (χ2v) is 5.75. The Hall–Kier alpha value is -0.830. The van der Waals surface area contributed by atoms with Crippen molar-refractivity contribution in [3.05, 3.63) is 12.2 Å². The zero-order chi connectivity index (χ0) is 11.8. The third-order valence-corrected chi connectivity index (χ3v) is 4.32. The molecule has 1 unspecified atom stereocenters. The minimum Gasteiger partial charge on any atom is -0.373 e. The van der Waals surface area contributed by atoms with Gasteiger partial charge in [-0.25, -0.2) is 0 Å². The van der Waals surface area contributed by atoms with E-state index in [-0.39, 0.29) is 0 Å². The first kappa shape index (κ1) is 11.3. The Kier molecular flexibility index (Phi) is 2.95. The Morgan fingerprint density at radius 2 is 2.35 bits per heavy atom. The highest BCUT2D eigenvalue weighted by Crippen LogP contribution is 2.33. The van der Waals surface area contributed by atoms with Crippen LogP contribution in [0.5, 0.6) is 0 Å². The summed E-state index contributed by atoms with van der Waals surface area (Å²) in [5.74, 6) is 1.41. The minimum atomic E-state index is 0.313. The highest BCUT2D eigenvalue weighted by molar-refractivity contribution is 5.77. The summed E-state index contributed by atoms with van der Waals surface area (Å²) in [5, 5.41) is 0. The van der Waals surface area contributed by atoms with Crippen LogP contribution in [0.4, 0.5) is 0 Å². The van der Waals surface area contributed by atoms with Crippen molar-refractivity contribution in [2.75, 3.05) is 13.1 Å². The highest BCUT2D eigenvalue weighted by Gasteiger charge is 2.41. The van der Waals surface area contributed by atoms with Gasteiger partial charge in [0.2, 0.25) is 5.91 Å². The van der Waals surface area contributed by atoms with Crippen LogP contribution in [-0.2, 0) is 9.53 Å². The predicted octanol–water partition coefficient (Wildman–Crippen LogP) is 1.98. The number of amides is 1. The van der Waals surface area contributed by atoms with Crippen molar-refractivity contribution in [2.45, 2.75) is 44.8 Å². The van der Waals surface area contributed by atoms with Gasteiger partial charge in [0.15, 0.2) is 0 Å². The number of rotatable bonds is 2. The molecule has 2 fully saturated rings. The summed E-state index contributed by atoms with van der Waals surface area (Å²) in [5.41, 5.74) is 0. The SMILES string of the molecule is C[C@@H]1C[C@H]2CN(C(=O)CC3C=CCC3)C[C@H]2O1. The fourth-order valence-electron chi connectivity index (χ4n) is 3.42. The number of likely N-dealkylation sites (tertiary alicyclic amines) is 1. The number of carbonyl (C=O) groups is 1. The molecule has 3 rings (SSSR count). The molecule has 2 saturated heterocycles. The van der Waals surface area contributed by atoms with Crippen LogP contribution in [0, 0.1) is 11.8 Å². The van der Waals surface area contributed by atoms with E-state index in [1.54, 1.807) is 0 Å². The molecule has 17 heavy (non-hydrogen) atoms. The molecule has 0 saturated carbocycles. The van der Waals surface area contributed by atoms with Gasteiger partial charge in [-0.3, -0.25) is 4.79 Å². The molecule has 0 aromatic rings. The standard InChI is InChI=1S/C14H21NO2/c1-10-6-12-8-15(9-13(12)17-10)14(16)7-11-4-2-3-5-11/h2,4,10-13H,3,5-9H2,1H3/t10-,11?,12+,13-/m1/s1. The second-order valence-electron chi connectivity index (χ2n) is 5.75. The van der Waals surface area contributed by atoms with E-state index >= 15 is 0 Å². The van der Waals surface area contributed by atoms with Crippen LogP contribution < -0.4 is 0 Å². The van der Waals surface area contributed by atoms with Gasteiger partial charge in [-0.15, -0.1) is 0 Å². The van der Waals surface area contributed by atoms with Crippen LogP contribution in [0.25, 0.3) is 0 Å². The number of carbonyl (C=O) groups excluding carboxylic acids is 1. The molecule has 0 radical (unpaired) electrons. The number of fused-ring (bicyclic) bond motifs is 1. The molecule has 1 aliphatic carbocycles. The Balaban J connectivity index is 1.53. The Labute approximate surface area is 103 Å². The quantitative estimate of drug-likeness (QED) is 0.685. The van der Waals surface area contributed by atoms with Crippen molar-refractivity contribution in [1.29, 1.82) is 0 Å². The molecule has 3 nitrogen and oxygen atoms in total. The van der Waals surface area contributed by atoms with E-state index in [2.05, 4.69) is 19.1 Å². The van der Waals surface area contributed by atoms with Crippen LogP contribution in [0.3, 0.4) is 0 Å². The third-order valence-electron chi connectivity index (χ3n) is 4.32. The topological polar surface area (TPSA) is 29.5 Å². The molecule has 4 atom stereocenters. The molecule has 2 heterocycles. The second kappa shape index (κ2) is 4.45. The molecule has 0 N–H and O–H groups in total. The number of nitrogens with zero attached hydrogens (tertiary/aromatic N) is 1. The molecular weight excluding hydrogens is 214 g/mol. The maximum absolute atomic E-state index is 12.2. The van der Waals surface area contributed by atoms with Crippen molar-refractivity contribution < 1.29 is 9.53 Å². The van der Waals surface area contributed by atoms with Crippen molar-refractivity contribution in [1.82, 2.24) is 4.90 Å². The Morgan fingerprint density at radius 3 is 3.06 bits per heavy atom. The van der Waals surface area contributed by atoms with Crippen LogP contribution in [0.2, 0.25) is 0 Å². The van der Waals surface area contributed by atoms with E-state index in [0.717, 1.165) is 32.4 Å². The molecular formula is C14H21NO2. The first-order valence-electron chi connectivity index (χ1n) is 6.82. The van der Waals surface area contributed by atoms with Crippen molar-refractivity contribution >= 4 is 5.91 Å². The normalized spacial score (nSPS) is 39.9. The Morgan fingerprint density at radius 1 is 1.47 bits per heavy atom. The van der Waals surface area contributed by atoms with Crippen LogP contribution in [-0.4, -0.2) is 36.1 Å².